The number of hydrogen-bond donors (Lipinski definition) is 1. The molecule has 2 aromatic heterocycles. The molecular formula is C37H45N2O4S2+. The number of thioether (sulfide) groups is 1. The van der Waals surface area contributed by atoms with E-state index in [1.165, 1.54) is 28.7 Å². The summed E-state index contributed by atoms with van der Waals surface area (Å²) in [6.45, 7) is 13.4. The minimum absolute atomic E-state index is 0.0475. The summed E-state index contributed by atoms with van der Waals surface area (Å²) >= 11 is 2.91. The Kier molecular flexibility index (Phi) is 8.87. The van der Waals surface area contributed by atoms with Gasteiger partial charge in [-0.25, -0.2) is 9.55 Å². The molecular weight excluding hydrogens is 601 g/mol. The largest absolute Gasteiger partial charge is 0.461 e. The highest BCUT2D eigenvalue weighted by Gasteiger charge is 2.68. The topological polar surface area (TPSA) is 80.4 Å². The van der Waals surface area contributed by atoms with Crippen LogP contribution in [-0.4, -0.2) is 39.8 Å². The second-order valence-electron chi connectivity index (χ2n) is 14.1. The van der Waals surface area contributed by atoms with E-state index >= 15 is 0 Å². The van der Waals surface area contributed by atoms with Gasteiger partial charge in [0.25, 0.3) is 0 Å². The Balaban J connectivity index is 1.16. The number of rotatable bonds is 8. The van der Waals surface area contributed by atoms with E-state index in [9.17, 15) is 14.7 Å². The minimum atomic E-state index is -0.670. The van der Waals surface area contributed by atoms with Crippen molar-refractivity contribution in [3.63, 3.8) is 0 Å². The molecule has 8 atom stereocenters. The average molecular weight is 646 g/mol. The molecule has 45 heavy (non-hydrogen) atoms. The van der Waals surface area contributed by atoms with Crippen molar-refractivity contribution in [2.75, 3.05) is 5.75 Å². The molecule has 1 aromatic carbocycles. The van der Waals surface area contributed by atoms with Gasteiger partial charge in [0.05, 0.1) is 17.6 Å². The number of aliphatic hydroxyl groups excluding tert-OH is 1. The van der Waals surface area contributed by atoms with Gasteiger partial charge >= 0.3 is 5.97 Å². The number of esters is 1. The van der Waals surface area contributed by atoms with Crippen molar-refractivity contribution >= 4 is 34.9 Å². The fraction of sp³-hybridized carbons (Fsp3) is 0.514. The van der Waals surface area contributed by atoms with E-state index in [4.69, 9.17) is 9.72 Å². The molecule has 3 saturated carbocycles. The molecule has 3 aliphatic carbocycles. The number of carbonyl (C=O) groups is 2. The molecule has 2 bridgehead atoms. The van der Waals surface area contributed by atoms with Crippen molar-refractivity contribution in [3.05, 3.63) is 78.5 Å². The summed E-state index contributed by atoms with van der Waals surface area (Å²) in [5.74, 6) is 0.0208. The highest BCUT2D eigenvalue weighted by Crippen LogP contribution is 2.68. The van der Waals surface area contributed by atoms with E-state index in [1.54, 1.807) is 0 Å². The molecule has 8 heteroatoms. The Labute approximate surface area is 275 Å². The van der Waals surface area contributed by atoms with Crippen molar-refractivity contribution in [2.45, 2.75) is 82.9 Å². The third kappa shape index (κ3) is 5.72. The summed E-state index contributed by atoms with van der Waals surface area (Å²) in [7, 11) is 0. The monoisotopic (exact) mass is 645 g/mol. The van der Waals surface area contributed by atoms with Crippen molar-refractivity contribution in [1.82, 2.24) is 4.98 Å². The zero-order valence-electron chi connectivity index (χ0n) is 26.8. The number of carbonyl (C=O) groups excluding carboxylic acids is 2. The summed E-state index contributed by atoms with van der Waals surface area (Å²) in [5, 5.41) is 13.8. The van der Waals surface area contributed by atoms with Crippen LogP contribution in [0, 0.1) is 34.0 Å². The van der Waals surface area contributed by atoms with Gasteiger partial charge in [-0.3, -0.25) is 9.59 Å². The summed E-state index contributed by atoms with van der Waals surface area (Å²) in [6, 6.07) is 14.5. The number of nitrogens with zero attached hydrogens (tertiary/aromatic N) is 2. The molecule has 3 aliphatic rings. The van der Waals surface area contributed by atoms with Crippen LogP contribution in [-0.2, 0) is 20.9 Å². The Morgan fingerprint density at radius 2 is 1.91 bits per heavy atom. The van der Waals surface area contributed by atoms with Gasteiger partial charge in [0.1, 0.15) is 11.9 Å². The molecule has 0 aliphatic heterocycles. The lowest BCUT2D eigenvalue weighted by atomic mass is 9.44. The van der Waals surface area contributed by atoms with Crippen LogP contribution in [0.15, 0.2) is 77.2 Å². The average Bonchev–Trinajstić information content (AvgIpc) is 3.67. The molecule has 3 fully saturated rings. The predicted molar refractivity (Wildman–Crippen MR) is 179 cm³/mol. The van der Waals surface area contributed by atoms with Gasteiger partial charge in [0, 0.05) is 51.8 Å². The highest BCUT2D eigenvalue weighted by molar-refractivity contribution is 8.01. The Morgan fingerprint density at radius 3 is 2.62 bits per heavy atom. The van der Waals surface area contributed by atoms with E-state index in [0.717, 1.165) is 41.4 Å². The van der Waals surface area contributed by atoms with Crippen LogP contribution in [0.4, 0.5) is 0 Å². The number of benzene rings is 1. The number of thiazole rings is 1. The first-order valence-corrected chi connectivity index (χ1v) is 18.0. The Bertz CT molecular complexity index is 1560. The molecule has 1 N–H and O–H groups in total. The van der Waals surface area contributed by atoms with E-state index in [2.05, 4.69) is 68.6 Å². The smallest absolute Gasteiger partial charge is 0.316 e. The lowest BCUT2D eigenvalue weighted by molar-refractivity contribution is -0.688. The van der Waals surface area contributed by atoms with E-state index in [0.29, 0.717) is 12.8 Å². The molecule has 0 radical (unpaired) electrons. The lowest BCUT2D eigenvalue weighted by Gasteiger charge is -2.61. The van der Waals surface area contributed by atoms with E-state index in [-0.39, 0.29) is 40.7 Å². The van der Waals surface area contributed by atoms with Gasteiger partial charge in [-0.1, -0.05) is 75.9 Å². The predicted octanol–water partition coefficient (Wildman–Crippen LogP) is 7.14. The molecule has 6 rings (SSSR count). The van der Waals surface area contributed by atoms with Gasteiger partial charge in [0.15, 0.2) is 23.3 Å². The number of aromatic nitrogens is 2. The fourth-order valence-electron chi connectivity index (χ4n) is 8.80. The number of pyridine rings is 1. The first kappa shape index (κ1) is 32.1. The van der Waals surface area contributed by atoms with Crippen LogP contribution in [0.25, 0.3) is 11.3 Å². The zero-order chi connectivity index (χ0) is 32.0. The number of ether oxygens (including phenoxy) is 1. The molecule has 6 nitrogen and oxygen atoms in total. The number of hydrogen-bond acceptors (Lipinski definition) is 7. The third-order valence-electron chi connectivity index (χ3n) is 11.8. The summed E-state index contributed by atoms with van der Waals surface area (Å²) in [4.78, 5) is 32.0. The second-order valence-corrected chi connectivity index (χ2v) is 16.2. The lowest BCUT2D eigenvalue weighted by Crippen LogP contribution is -2.63. The van der Waals surface area contributed by atoms with Crippen LogP contribution < -0.4 is 4.57 Å². The normalized spacial score (nSPS) is 34.4. The van der Waals surface area contributed by atoms with Gasteiger partial charge in [0.2, 0.25) is 0 Å². The number of ketones is 1. The Morgan fingerprint density at radius 1 is 1.18 bits per heavy atom. The summed E-state index contributed by atoms with van der Waals surface area (Å²) in [6.07, 6.45) is 8.44. The summed E-state index contributed by atoms with van der Waals surface area (Å²) < 4.78 is 9.35. The molecule has 0 amide bonds. The van der Waals surface area contributed by atoms with Crippen molar-refractivity contribution in [3.8, 4) is 11.3 Å². The maximum Gasteiger partial charge on any atom is 0.316 e. The summed E-state index contributed by atoms with van der Waals surface area (Å²) in [5.41, 5.74) is 1.72. The maximum absolute atomic E-state index is 13.6. The molecule has 3 aromatic rings. The molecule has 0 unspecified atom stereocenters. The molecule has 0 spiro atoms. The van der Waals surface area contributed by atoms with Crippen molar-refractivity contribution in [1.29, 1.82) is 0 Å². The van der Waals surface area contributed by atoms with E-state index in [1.807, 2.05) is 36.6 Å². The zero-order valence-corrected chi connectivity index (χ0v) is 28.4. The van der Waals surface area contributed by atoms with Gasteiger partial charge < -0.3 is 9.84 Å². The van der Waals surface area contributed by atoms with Crippen molar-refractivity contribution in [2.24, 2.45) is 34.0 Å². The third-order valence-corrected chi connectivity index (χ3v) is 13.8. The van der Waals surface area contributed by atoms with Crippen LogP contribution in [0.5, 0.6) is 0 Å². The molecule has 238 valence electrons. The Hall–Kier alpha value is -2.81. The minimum Gasteiger partial charge on any atom is -0.461 e. The van der Waals surface area contributed by atoms with Crippen LogP contribution >= 0.6 is 23.1 Å². The molecule has 2 heterocycles. The van der Waals surface area contributed by atoms with Gasteiger partial charge in [-0.15, -0.1) is 17.9 Å². The first-order chi connectivity index (χ1) is 21.5. The van der Waals surface area contributed by atoms with Crippen molar-refractivity contribution < 1.29 is 24.0 Å². The SMILES string of the molecule is C=C[C@]1(C)C[C@@H](OC(=O)CSc2nc(-c3cc[n+](Cc4ccccc4)cc3)cs2)[C@]2(C)[C@H](C)CC[C@]3(CCC(=O)[C@H]32)[C@@H](C)[C@@H]1O. The second kappa shape index (κ2) is 12.4. The quantitative estimate of drug-likeness (QED) is 0.121. The van der Waals surface area contributed by atoms with Crippen LogP contribution in [0.3, 0.4) is 0 Å². The van der Waals surface area contributed by atoms with Gasteiger partial charge in [-0.2, -0.15) is 0 Å². The maximum atomic E-state index is 13.6. The van der Waals surface area contributed by atoms with Gasteiger partial charge in [-0.05, 0) is 42.9 Å². The van der Waals surface area contributed by atoms with Crippen LogP contribution in [0.2, 0.25) is 0 Å². The van der Waals surface area contributed by atoms with E-state index < -0.39 is 23.0 Å². The number of Topliss-reactive ketones (excluding diaryl/α,β-unsaturated/α-hetero) is 1. The molecule has 0 saturated heterocycles. The highest BCUT2D eigenvalue weighted by atomic mass is 32.2. The van der Waals surface area contributed by atoms with Crippen LogP contribution in [0.1, 0.15) is 65.4 Å². The first-order valence-electron chi connectivity index (χ1n) is 16.2. The standard InChI is InChI=1S/C37H45N2O4S2/c1-6-35(4)20-30(36(5)24(2)12-16-37(25(3)33(35)42)17-13-29(40)32(36)37)43-31(41)23-45-34-38-28(22-44-34)27-14-18-39(19-15-27)21-26-10-8-7-9-11-26/h6-11,14-15,18-19,22,24-25,30,32-33,42H,1,12-13,16-17,20-21,23H2,2-5H3/q+1/t24-,25+,30-,32+,33+,35-,36+,37+/m1/s1. The fourth-order valence-corrected chi connectivity index (χ4v) is 10.4. The number of aliphatic hydroxyl groups is 1.